The molecule has 0 bridgehead atoms. The maximum atomic E-state index is 13.1. The molecule has 0 saturated carbocycles. The molecule has 2 heterocycles. The van der Waals surface area contributed by atoms with Gasteiger partial charge >= 0.3 is 0 Å². The van der Waals surface area contributed by atoms with E-state index in [0.717, 1.165) is 11.3 Å². The standard InChI is InChI=1S/C16H13FN4O/c1-11-7-15(22-10-12-3-2-4-13(17)8-12)21-16(20-11)14-9-18-5-6-19-14/h2-9H,10H2,1H3. The normalized spacial score (nSPS) is 10.5. The Labute approximate surface area is 126 Å². The predicted octanol–water partition coefficient (Wildman–Crippen LogP) is 2.96. The first-order chi connectivity index (χ1) is 10.7. The number of rotatable bonds is 4. The van der Waals surface area contributed by atoms with Crippen LogP contribution >= 0.6 is 0 Å². The summed E-state index contributed by atoms with van der Waals surface area (Å²) in [7, 11) is 0. The topological polar surface area (TPSA) is 60.8 Å². The average Bonchev–Trinajstić information content (AvgIpc) is 2.53. The molecule has 3 rings (SSSR count). The van der Waals surface area contributed by atoms with Gasteiger partial charge < -0.3 is 4.74 Å². The lowest BCUT2D eigenvalue weighted by Gasteiger charge is -2.08. The minimum absolute atomic E-state index is 0.230. The Morgan fingerprint density at radius 1 is 1.14 bits per heavy atom. The van der Waals surface area contributed by atoms with Crippen LogP contribution in [0.3, 0.4) is 0 Å². The van der Waals surface area contributed by atoms with E-state index in [1.54, 1.807) is 36.8 Å². The van der Waals surface area contributed by atoms with Crippen molar-refractivity contribution in [2.75, 3.05) is 0 Å². The summed E-state index contributed by atoms with van der Waals surface area (Å²) in [4.78, 5) is 16.8. The summed E-state index contributed by atoms with van der Waals surface area (Å²) in [6.07, 6.45) is 4.75. The Bertz CT molecular complexity index is 780. The summed E-state index contributed by atoms with van der Waals surface area (Å²) >= 11 is 0. The van der Waals surface area contributed by atoms with E-state index >= 15 is 0 Å². The van der Waals surface area contributed by atoms with Gasteiger partial charge in [-0.1, -0.05) is 12.1 Å². The van der Waals surface area contributed by atoms with Gasteiger partial charge in [0.2, 0.25) is 5.88 Å². The third-order valence-corrected chi connectivity index (χ3v) is 2.90. The van der Waals surface area contributed by atoms with Gasteiger partial charge in [-0.05, 0) is 24.6 Å². The van der Waals surface area contributed by atoms with Crippen LogP contribution in [0, 0.1) is 12.7 Å². The Hall–Kier alpha value is -2.89. The van der Waals surface area contributed by atoms with Crippen molar-refractivity contribution in [3.63, 3.8) is 0 Å². The average molecular weight is 296 g/mol. The fourth-order valence-electron chi connectivity index (χ4n) is 1.93. The molecule has 1 aromatic carbocycles. The highest BCUT2D eigenvalue weighted by atomic mass is 19.1. The first-order valence-electron chi connectivity index (χ1n) is 6.70. The molecule has 0 saturated heterocycles. The van der Waals surface area contributed by atoms with Crippen LogP contribution in [0.5, 0.6) is 5.88 Å². The van der Waals surface area contributed by atoms with Crippen LogP contribution in [-0.2, 0) is 6.61 Å². The number of nitrogens with zero attached hydrogens (tertiary/aromatic N) is 4. The van der Waals surface area contributed by atoms with E-state index in [4.69, 9.17) is 4.74 Å². The highest BCUT2D eigenvalue weighted by Crippen LogP contribution is 2.17. The van der Waals surface area contributed by atoms with E-state index in [-0.39, 0.29) is 12.4 Å². The van der Waals surface area contributed by atoms with Crippen LogP contribution in [0.2, 0.25) is 0 Å². The zero-order chi connectivity index (χ0) is 15.4. The second-order valence-corrected chi connectivity index (χ2v) is 4.68. The molecule has 0 aliphatic carbocycles. The number of hydrogen-bond acceptors (Lipinski definition) is 5. The molecule has 0 unspecified atom stereocenters. The van der Waals surface area contributed by atoms with Crippen molar-refractivity contribution < 1.29 is 9.13 Å². The predicted molar refractivity (Wildman–Crippen MR) is 78.5 cm³/mol. The maximum Gasteiger partial charge on any atom is 0.217 e. The first kappa shape index (κ1) is 14.1. The summed E-state index contributed by atoms with van der Waals surface area (Å²) in [6, 6.07) is 7.98. The summed E-state index contributed by atoms with van der Waals surface area (Å²) < 4.78 is 18.8. The number of aryl methyl sites for hydroxylation is 1. The molecule has 5 nitrogen and oxygen atoms in total. The Balaban J connectivity index is 1.81. The second kappa shape index (κ2) is 6.26. The molecule has 0 atom stereocenters. The molecular weight excluding hydrogens is 283 g/mol. The van der Waals surface area contributed by atoms with Gasteiger partial charge in [-0.3, -0.25) is 4.98 Å². The largest absolute Gasteiger partial charge is 0.473 e. The van der Waals surface area contributed by atoms with Crippen LogP contribution < -0.4 is 4.74 Å². The van der Waals surface area contributed by atoms with Crippen LogP contribution in [0.15, 0.2) is 48.9 Å². The summed E-state index contributed by atoms with van der Waals surface area (Å²) in [5.41, 5.74) is 2.06. The third kappa shape index (κ3) is 3.41. The lowest BCUT2D eigenvalue weighted by molar-refractivity contribution is 0.293. The molecule has 0 amide bonds. The quantitative estimate of drug-likeness (QED) is 0.740. The first-order valence-corrected chi connectivity index (χ1v) is 6.70. The smallest absolute Gasteiger partial charge is 0.217 e. The minimum Gasteiger partial charge on any atom is -0.473 e. The molecule has 3 aromatic rings. The van der Waals surface area contributed by atoms with Gasteiger partial charge in [-0.2, -0.15) is 4.98 Å². The number of aromatic nitrogens is 4. The van der Waals surface area contributed by atoms with Crippen LogP contribution in [0.1, 0.15) is 11.3 Å². The van der Waals surface area contributed by atoms with Gasteiger partial charge in [-0.15, -0.1) is 0 Å². The molecule has 110 valence electrons. The molecule has 22 heavy (non-hydrogen) atoms. The van der Waals surface area contributed by atoms with Crippen molar-refractivity contribution in [2.45, 2.75) is 13.5 Å². The Morgan fingerprint density at radius 3 is 2.82 bits per heavy atom. The monoisotopic (exact) mass is 296 g/mol. The van der Waals surface area contributed by atoms with E-state index in [1.165, 1.54) is 12.1 Å². The van der Waals surface area contributed by atoms with E-state index in [1.807, 2.05) is 6.92 Å². The highest BCUT2D eigenvalue weighted by molar-refractivity contribution is 5.48. The molecular formula is C16H13FN4O. The maximum absolute atomic E-state index is 13.1. The third-order valence-electron chi connectivity index (χ3n) is 2.90. The minimum atomic E-state index is -0.291. The van der Waals surface area contributed by atoms with Gasteiger partial charge in [0.25, 0.3) is 0 Å². The molecule has 0 aliphatic heterocycles. The zero-order valence-corrected chi connectivity index (χ0v) is 11.9. The van der Waals surface area contributed by atoms with Crippen LogP contribution in [0.4, 0.5) is 4.39 Å². The SMILES string of the molecule is Cc1cc(OCc2cccc(F)c2)nc(-c2cnccn2)n1. The fourth-order valence-corrected chi connectivity index (χ4v) is 1.93. The van der Waals surface area contributed by atoms with E-state index < -0.39 is 0 Å². The molecule has 0 radical (unpaired) electrons. The van der Waals surface area contributed by atoms with Crippen molar-refractivity contribution >= 4 is 0 Å². The summed E-state index contributed by atoms with van der Waals surface area (Å²) in [6.45, 7) is 2.07. The van der Waals surface area contributed by atoms with E-state index in [9.17, 15) is 4.39 Å². The lowest BCUT2D eigenvalue weighted by Crippen LogP contribution is -2.01. The molecule has 2 aromatic heterocycles. The molecule has 0 fully saturated rings. The van der Waals surface area contributed by atoms with Crippen molar-refractivity contribution in [3.05, 3.63) is 66.0 Å². The molecule has 6 heteroatoms. The van der Waals surface area contributed by atoms with Gasteiger partial charge in [0.15, 0.2) is 5.82 Å². The van der Waals surface area contributed by atoms with Gasteiger partial charge in [0.05, 0.1) is 6.20 Å². The fraction of sp³-hybridized carbons (Fsp3) is 0.125. The Morgan fingerprint density at radius 2 is 2.05 bits per heavy atom. The van der Waals surface area contributed by atoms with E-state index in [0.29, 0.717) is 17.4 Å². The summed E-state index contributed by atoms with van der Waals surface area (Å²) in [5.74, 6) is 0.569. The van der Waals surface area contributed by atoms with Crippen molar-refractivity contribution in [1.29, 1.82) is 0 Å². The highest BCUT2D eigenvalue weighted by Gasteiger charge is 2.07. The molecule has 0 spiro atoms. The summed E-state index contributed by atoms with van der Waals surface area (Å²) in [5, 5.41) is 0. The van der Waals surface area contributed by atoms with Crippen molar-refractivity contribution in [2.24, 2.45) is 0 Å². The Kier molecular flexibility index (Phi) is 4.00. The van der Waals surface area contributed by atoms with Gasteiger partial charge in [-0.25, -0.2) is 14.4 Å². The van der Waals surface area contributed by atoms with Crippen LogP contribution in [-0.4, -0.2) is 19.9 Å². The van der Waals surface area contributed by atoms with Gasteiger partial charge in [0.1, 0.15) is 18.1 Å². The molecule has 0 N–H and O–H groups in total. The lowest BCUT2D eigenvalue weighted by atomic mass is 10.2. The van der Waals surface area contributed by atoms with Crippen LogP contribution in [0.25, 0.3) is 11.5 Å². The van der Waals surface area contributed by atoms with Crippen molar-refractivity contribution in [1.82, 2.24) is 19.9 Å². The van der Waals surface area contributed by atoms with E-state index in [2.05, 4.69) is 19.9 Å². The zero-order valence-electron chi connectivity index (χ0n) is 11.9. The molecule has 0 aliphatic rings. The number of halogens is 1. The number of benzene rings is 1. The second-order valence-electron chi connectivity index (χ2n) is 4.68. The van der Waals surface area contributed by atoms with Crippen molar-refractivity contribution in [3.8, 4) is 17.4 Å². The van der Waals surface area contributed by atoms with Gasteiger partial charge in [0, 0.05) is 24.2 Å². The number of ether oxygens (including phenoxy) is 1. The number of hydrogen-bond donors (Lipinski definition) is 0.